The van der Waals surface area contributed by atoms with Crippen molar-refractivity contribution in [2.24, 2.45) is 11.8 Å². The average Bonchev–Trinajstić information content (AvgIpc) is 3.30. The Kier molecular flexibility index (Phi) is 7.19. The van der Waals surface area contributed by atoms with Gasteiger partial charge in [0.2, 0.25) is 6.29 Å². The summed E-state index contributed by atoms with van der Waals surface area (Å²) in [4.78, 5) is 35.5. The van der Waals surface area contributed by atoms with E-state index in [0.29, 0.717) is 0 Å². The molecule has 188 valence electrons. The Morgan fingerprint density at radius 2 is 1.60 bits per heavy atom. The first kappa shape index (κ1) is 24.8. The van der Waals surface area contributed by atoms with Crippen LogP contribution in [0.1, 0.15) is 16.8 Å². The molecule has 12 heteroatoms. The molecule has 1 aromatic carbocycles. The van der Waals surface area contributed by atoms with Crippen LogP contribution in [0.5, 0.6) is 0 Å². The lowest BCUT2D eigenvalue weighted by molar-refractivity contribution is -0.339. The number of carboxylic acids is 2. The van der Waals surface area contributed by atoms with Gasteiger partial charge in [0, 0.05) is 11.5 Å². The number of hydrogen-bond donors (Lipinski definition) is 5. The van der Waals surface area contributed by atoms with Crippen LogP contribution in [-0.4, -0.2) is 87.0 Å². The van der Waals surface area contributed by atoms with Crippen LogP contribution in [0.25, 0.3) is 0 Å². The van der Waals surface area contributed by atoms with Gasteiger partial charge in [0.1, 0.15) is 31.0 Å². The Labute approximate surface area is 198 Å². The molecule has 8 atom stereocenters. The summed E-state index contributed by atoms with van der Waals surface area (Å²) in [5.74, 6) is -5.04. The normalized spacial score (nSPS) is 34.1. The molecule has 0 radical (unpaired) electrons. The molecule has 1 saturated heterocycles. The van der Waals surface area contributed by atoms with Crippen LogP contribution < -0.4 is 0 Å². The van der Waals surface area contributed by atoms with E-state index in [0.717, 1.165) is 6.26 Å². The lowest BCUT2D eigenvalue weighted by Gasteiger charge is -2.42. The van der Waals surface area contributed by atoms with Crippen molar-refractivity contribution in [3.63, 3.8) is 0 Å². The van der Waals surface area contributed by atoms with Gasteiger partial charge in [0.05, 0.1) is 23.3 Å². The maximum atomic E-state index is 12.2. The third-order valence-electron chi connectivity index (χ3n) is 6.22. The summed E-state index contributed by atoms with van der Waals surface area (Å²) >= 11 is 0. The van der Waals surface area contributed by atoms with Crippen molar-refractivity contribution in [2.45, 2.75) is 43.4 Å². The van der Waals surface area contributed by atoms with Crippen LogP contribution in [0, 0.1) is 11.8 Å². The highest BCUT2D eigenvalue weighted by Crippen LogP contribution is 2.44. The molecule has 3 aliphatic rings. The lowest BCUT2D eigenvalue weighted by Crippen LogP contribution is -2.60. The molecule has 1 fully saturated rings. The van der Waals surface area contributed by atoms with Crippen LogP contribution >= 0.6 is 0 Å². The molecule has 0 saturated carbocycles. The number of allylic oxidation sites excluding steroid dienone is 1. The lowest BCUT2D eigenvalue weighted by atomic mass is 9.83. The molecule has 12 nitrogen and oxygen atoms in total. The van der Waals surface area contributed by atoms with E-state index in [9.17, 15) is 39.9 Å². The second-order valence-electron chi connectivity index (χ2n) is 8.33. The van der Waals surface area contributed by atoms with Crippen LogP contribution in [0.3, 0.4) is 0 Å². The average molecular weight is 492 g/mol. The molecule has 5 N–H and O–H groups in total. The SMILES string of the molecule is O=C(O)C1=COC(OC2OC(COC(=O)c3ccccc3)C(O)C(O)C2O)C2C(C(=O)O)=CCC12. The van der Waals surface area contributed by atoms with Crippen LogP contribution in [-0.2, 0) is 28.5 Å². The number of aliphatic carboxylic acids is 2. The van der Waals surface area contributed by atoms with Gasteiger partial charge in [-0.2, -0.15) is 0 Å². The first-order valence-corrected chi connectivity index (χ1v) is 10.8. The molecule has 2 aliphatic heterocycles. The van der Waals surface area contributed by atoms with Gasteiger partial charge in [0.15, 0.2) is 6.29 Å². The summed E-state index contributed by atoms with van der Waals surface area (Å²) in [6.07, 6.45) is -6.98. The van der Waals surface area contributed by atoms with Gasteiger partial charge in [-0.25, -0.2) is 14.4 Å². The molecule has 0 bridgehead atoms. The number of aliphatic hydroxyl groups excluding tert-OH is 3. The number of fused-ring (bicyclic) bond motifs is 1. The van der Waals surface area contributed by atoms with Crippen molar-refractivity contribution < 1.29 is 58.9 Å². The highest BCUT2D eigenvalue weighted by Gasteiger charge is 2.51. The van der Waals surface area contributed by atoms with Crippen molar-refractivity contribution in [3.05, 3.63) is 59.4 Å². The number of rotatable bonds is 7. The Morgan fingerprint density at radius 1 is 0.914 bits per heavy atom. The van der Waals surface area contributed by atoms with E-state index in [1.54, 1.807) is 18.2 Å². The summed E-state index contributed by atoms with van der Waals surface area (Å²) in [6.45, 7) is -0.487. The highest BCUT2D eigenvalue weighted by atomic mass is 16.8. The summed E-state index contributed by atoms with van der Waals surface area (Å²) in [6, 6.07) is 8.03. The topological polar surface area (TPSA) is 189 Å². The third-order valence-corrected chi connectivity index (χ3v) is 6.22. The van der Waals surface area contributed by atoms with Crippen molar-refractivity contribution in [1.29, 1.82) is 0 Å². The zero-order valence-electron chi connectivity index (χ0n) is 18.2. The molecular formula is C23H24O12. The molecule has 0 amide bonds. The fourth-order valence-electron chi connectivity index (χ4n) is 4.39. The van der Waals surface area contributed by atoms with Gasteiger partial charge >= 0.3 is 17.9 Å². The van der Waals surface area contributed by atoms with E-state index in [1.807, 2.05) is 0 Å². The van der Waals surface area contributed by atoms with Crippen LogP contribution in [0.15, 0.2) is 53.8 Å². The molecule has 2 heterocycles. The number of benzene rings is 1. The summed E-state index contributed by atoms with van der Waals surface area (Å²) in [5, 5.41) is 50.0. The minimum absolute atomic E-state index is 0.119. The van der Waals surface area contributed by atoms with E-state index in [1.165, 1.54) is 18.2 Å². The predicted octanol–water partition coefficient (Wildman–Crippen LogP) is -0.361. The Bertz CT molecular complexity index is 1030. The zero-order valence-corrected chi connectivity index (χ0v) is 18.2. The number of aliphatic hydroxyl groups is 3. The van der Waals surface area contributed by atoms with Crippen molar-refractivity contribution in [2.75, 3.05) is 6.61 Å². The van der Waals surface area contributed by atoms with E-state index in [4.69, 9.17) is 18.9 Å². The maximum Gasteiger partial charge on any atom is 0.338 e. The van der Waals surface area contributed by atoms with Crippen molar-refractivity contribution in [1.82, 2.24) is 0 Å². The number of ether oxygens (including phenoxy) is 4. The highest BCUT2D eigenvalue weighted by molar-refractivity contribution is 5.91. The quantitative estimate of drug-likeness (QED) is 0.311. The molecule has 8 unspecified atom stereocenters. The standard InChI is InChI=1S/C23H24O12/c24-16-14(9-32-21(31)10-4-2-1-3-5-10)34-23(18(26)17(16)25)35-22-15-11(6-7-12(15)19(27)28)13(8-33-22)20(29)30/h1-5,7-8,11,14-18,22-26H,6,9H2,(H,27,28)(H,29,30). The van der Waals surface area contributed by atoms with Gasteiger partial charge < -0.3 is 44.5 Å². The second-order valence-corrected chi connectivity index (χ2v) is 8.33. The van der Waals surface area contributed by atoms with Crippen molar-refractivity contribution >= 4 is 17.9 Å². The van der Waals surface area contributed by atoms with E-state index in [-0.39, 0.29) is 23.1 Å². The molecular weight excluding hydrogens is 468 g/mol. The van der Waals surface area contributed by atoms with Crippen molar-refractivity contribution in [3.8, 4) is 0 Å². The van der Waals surface area contributed by atoms with Gasteiger partial charge in [-0.15, -0.1) is 0 Å². The maximum absolute atomic E-state index is 12.2. The Morgan fingerprint density at radius 3 is 2.26 bits per heavy atom. The first-order chi connectivity index (χ1) is 16.7. The van der Waals surface area contributed by atoms with Gasteiger partial charge in [-0.05, 0) is 18.6 Å². The first-order valence-electron chi connectivity index (χ1n) is 10.8. The largest absolute Gasteiger partial charge is 0.478 e. The number of carbonyl (C=O) groups is 3. The summed E-state index contributed by atoms with van der Waals surface area (Å²) in [7, 11) is 0. The molecule has 4 rings (SSSR count). The molecule has 1 aliphatic carbocycles. The fourth-order valence-corrected chi connectivity index (χ4v) is 4.39. The van der Waals surface area contributed by atoms with Crippen LogP contribution in [0.4, 0.5) is 0 Å². The Balaban J connectivity index is 1.48. The van der Waals surface area contributed by atoms with E-state index in [2.05, 4.69) is 0 Å². The smallest absolute Gasteiger partial charge is 0.338 e. The third kappa shape index (κ3) is 4.92. The minimum atomic E-state index is -1.77. The van der Waals surface area contributed by atoms with Crippen LogP contribution in [0.2, 0.25) is 0 Å². The number of esters is 1. The molecule has 35 heavy (non-hydrogen) atoms. The number of hydrogen-bond acceptors (Lipinski definition) is 10. The van der Waals surface area contributed by atoms with Gasteiger partial charge in [0.25, 0.3) is 0 Å². The van der Waals surface area contributed by atoms with E-state index < -0.39 is 73.3 Å². The second kappa shape index (κ2) is 10.1. The molecule has 1 aromatic rings. The van der Waals surface area contributed by atoms with E-state index >= 15 is 0 Å². The summed E-state index contributed by atoms with van der Waals surface area (Å²) in [5.41, 5.74) is 0.00256. The molecule has 0 aromatic heterocycles. The number of carboxylic acid groups (broad SMARTS) is 2. The summed E-state index contributed by atoms with van der Waals surface area (Å²) < 4.78 is 21.7. The molecule has 0 spiro atoms. The Hall–Kier alpha value is -3.29. The fraction of sp³-hybridized carbons (Fsp3) is 0.435. The van der Waals surface area contributed by atoms with Gasteiger partial charge in [-0.3, -0.25) is 0 Å². The monoisotopic (exact) mass is 492 g/mol. The zero-order chi connectivity index (χ0) is 25.3. The minimum Gasteiger partial charge on any atom is -0.478 e. The van der Waals surface area contributed by atoms with Gasteiger partial charge in [-0.1, -0.05) is 24.3 Å². The predicted molar refractivity (Wildman–Crippen MR) is 112 cm³/mol. The number of carbonyl (C=O) groups excluding carboxylic acids is 1.